The molecule has 1 aromatic heterocycles. The summed E-state index contributed by atoms with van der Waals surface area (Å²) in [6, 6.07) is 0. The van der Waals surface area contributed by atoms with Crippen LogP contribution in [-0.4, -0.2) is 46.8 Å². The summed E-state index contributed by atoms with van der Waals surface area (Å²) in [5.41, 5.74) is 0.815. The van der Waals surface area contributed by atoms with Gasteiger partial charge in [0.1, 0.15) is 6.54 Å². The van der Waals surface area contributed by atoms with Gasteiger partial charge in [-0.1, -0.05) is 25.4 Å². The van der Waals surface area contributed by atoms with Gasteiger partial charge in [-0.2, -0.15) is 5.10 Å². The van der Waals surface area contributed by atoms with Crippen LogP contribution in [0.15, 0.2) is 6.20 Å². The Kier molecular flexibility index (Phi) is 6.15. The van der Waals surface area contributed by atoms with Crippen LogP contribution < -0.4 is 5.32 Å². The number of hydrogen-bond donors (Lipinski definition) is 1. The van der Waals surface area contributed by atoms with Gasteiger partial charge in [0.05, 0.1) is 16.9 Å². The topological polar surface area (TPSA) is 50.2 Å². The molecule has 0 aliphatic rings. The van der Waals surface area contributed by atoms with Gasteiger partial charge < -0.3 is 10.2 Å². The number of rotatable bonds is 7. The zero-order valence-corrected chi connectivity index (χ0v) is 12.0. The second kappa shape index (κ2) is 7.38. The molecule has 0 aliphatic carbocycles. The predicted molar refractivity (Wildman–Crippen MR) is 72.8 cm³/mol. The van der Waals surface area contributed by atoms with Crippen molar-refractivity contribution in [2.24, 2.45) is 0 Å². The summed E-state index contributed by atoms with van der Waals surface area (Å²) in [6.45, 7) is 9.82. The van der Waals surface area contributed by atoms with E-state index in [2.05, 4.69) is 29.2 Å². The molecule has 0 fully saturated rings. The van der Waals surface area contributed by atoms with Crippen LogP contribution in [-0.2, 0) is 11.3 Å². The van der Waals surface area contributed by atoms with Crippen LogP contribution in [0.25, 0.3) is 0 Å². The zero-order valence-electron chi connectivity index (χ0n) is 11.2. The van der Waals surface area contributed by atoms with E-state index in [0.29, 0.717) is 11.6 Å². The quantitative estimate of drug-likeness (QED) is 0.814. The van der Waals surface area contributed by atoms with Gasteiger partial charge in [0.15, 0.2) is 0 Å². The molecule has 1 rings (SSSR count). The molecule has 0 saturated heterocycles. The second-order valence-corrected chi connectivity index (χ2v) is 4.52. The minimum absolute atomic E-state index is 0.0370. The first-order chi connectivity index (χ1) is 8.58. The van der Waals surface area contributed by atoms with E-state index in [1.807, 2.05) is 6.92 Å². The lowest BCUT2D eigenvalue weighted by Gasteiger charge is -2.18. The van der Waals surface area contributed by atoms with Crippen LogP contribution >= 0.6 is 11.6 Å². The SMILES string of the molecule is CCN(CC)CCNC(=O)Cn1ncc(Cl)c1C. The number of carbonyl (C=O) groups excluding carboxylic acids is 1. The maximum absolute atomic E-state index is 11.7. The highest BCUT2D eigenvalue weighted by Gasteiger charge is 2.08. The van der Waals surface area contributed by atoms with Crippen molar-refractivity contribution in [3.63, 3.8) is 0 Å². The van der Waals surface area contributed by atoms with E-state index >= 15 is 0 Å². The summed E-state index contributed by atoms with van der Waals surface area (Å²) >= 11 is 5.87. The Balaban J connectivity index is 2.32. The molecule has 5 nitrogen and oxygen atoms in total. The molecular formula is C12H21ClN4O. The molecule has 102 valence electrons. The van der Waals surface area contributed by atoms with Gasteiger partial charge in [-0.3, -0.25) is 9.48 Å². The van der Waals surface area contributed by atoms with E-state index in [0.717, 1.165) is 25.3 Å². The number of carbonyl (C=O) groups is 1. The van der Waals surface area contributed by atoms with Crippen molar-refractivity contribution in [1.29, 1.82) is 0 Å². The molecule has 0 aliphatic heterocycles. The fourth-order valence-corrected chi connectivity index (χ4v) is 1.81. The summed E-state index contributed by atoms with van der Waals surface area (Å²) < 4.78 is 1.61. The summed E-state index contributed by atoms with van der Waals surface area (Å²) in [5, 5.41) is 7.52. The number of aromatic nitrogens is 2. The third-order valence-electron chi connectivity index (χ3n) is 2.98. The molecule has 1 N–H and O–H groups in total. The Morgan fingerprint density at radius 1 is 1.50 bits per heavy atom. The van der Waals surface area contributed by atoms with Crippen molar-refractivity contribution in [1.82, 2.24) is 20.0 Å². The average molecular weight is 273 g/mol. The number of likely N-dealkylation sites (N-methyl/N-ethyl adjacent to an activating group) is 1. The maximum atomic E-state index is 11.7. The van der Waals surface area contributed by atoms with Crippen molar-refractivity contribution in [2.45, 2.75) is 27.3 Å². The first-order valence-electron chi connectivity index (χ1n) is 6.25. The monoisotopic (exact) mass is 272 g/mol. The minimum atomic E-state index is -0.0370. The molecule has 18 heavy (non-hydrogen) atoms. The molecule has 0 aromatic carbocycles. The molecule has 0 atom stereocenters. The smallest absolute Gasteiger partial charge is 0.241 e. The summed E-state index contributed by atoms with van der Waals surface area (Å²) in [7, 11) is 0. The fraction of sp³-hybridized carbons (Fsp3) is 0.667. The average Bonchev–Trinajstić information content (AvgIpc) is 2.67. The van der Waals surface area contributed by atoms with Crippen LogP contribution in [0.3, 0.4) is 0 Å². The van der Waals surface area contributed by atoms with Crippen molar-refractivity contribution in [2.75, 3.05) is 26.2 Å². The Bertz CT molecular complexity index is 387. The van der Waals surface area contributed by atoms with Crippen molar-refractivity contribution in [3.05, 3.63) is 16.9 Å². The Labute approximate surface area is 113 Å². The van der Waals surface area contributed by atoms with E-state index in [-0.39, 0.29) is 12.5 Å². The standard InChI is InChI=1S/C12H21ClN4O/c1-4-16(5-2)7-6-14-12(18)9-17-10(3)11(13)8-15-17/h8H,4-7,9H2,1-3H3,(H,14,18). The van der Waals surface area contributed by atoms with Gasteiger partial charge in [0.25, 0.3) is 0 Å². The fourth-order valence-electron chi connectivity index (χ4n) is 1.67. The number of amides is 1. The summed E-state index contributed by atoms with van der Waals surface area (Å²) in [6.07, 6.45) is 1.56. The van der Waals surface area contributed by atoms with Gasteiger partial charge in [0, 0.05) is 13.1 Å². The Morgan fingerprint density at radius 2 is 2.17 bits per heavy atom. The molecule has 6 heteroatoms. The molecule has 0 spiro atoms. The lowest BCUT2D eigenvalue weighted by atomic mass is 10.4. The number of nitrogens with zero attached hydrogens (tertiary/aromatic N) is 3. The van der Waals surface area contributed by atoms with Crippen LogP contribution in [0.1, 0.15) is 19.5 Å². The maximum Gasteiger partial charge on any atom is 0.241 e. The lowest BCUT2D eigenvalue weighted by Crippen LogP contribution is -2.36. The molecule has 0 unspecified atom stereocenters. The highest BCUT2D eigenvalue weighted by molar-refractivity contribution is 6.31. The van der Waals surface area contributed by atoms with Gasteiger partial charge in [0.2, 0.25) is 5.91 Å². The highest BCUT2D eigenvalue weighted by Crippen LogP contribution is 2.12. The Morgan fingerprint density at radius 3 is 2.67 bits per heavy atom. The highest BCUT2D eigenvalue weighted by atomic mass is 35.5. The van der Waals surface area contributed by atoms with Gasteiger partial charge in [-0.15, -0.1) is 0 Å². The van der Waals surface area contributed by atoms with Gasteiger partial charge in [-0.25, -0.2) is 0 Å². The second-order valence-electron chi connectivity index (χ2n) is 4.11. The number of hydrogen-bond acceptors (Lipinski definition) is 3. The van der Waals surface area contributed by atoms with Gasteiger partial charge in [-0.05, 0) is 20.0 Å². The van der Waals surface area contributed by atoms with Crippen LogP contribution in [0.4, 0.5) is 0 Å². The van der Waals surface area contributed by atoms with E-state index in [4.69, 9.17) is 11.6 Å². The van der Waals surface area contributed by atoms with E-state index in [1.165, 1.54) is 0 Å². The third kappa shape index (κ3) is 4.31. The number of nitrogens with one attached hydrogen (secondary N) is 1. The van der Waals surface area contributed by atoms with Crippen LogP contribution in [0.5, 0.6) is 0 Å². The summed E-state index contributed by atoms with van der Waals surface area (Å²) in [5.74, 6) is -0.0370. The van der Waals surface area contributed by atoms with Crippen molar-refractivity contribution < 1.29 is 4.79 Å². The predicted octanol–water partition coefficient (Wildman–Crippen LogP) is 1.30. The zero-order chi connectivity index (χ0) is 13.5. The third-order valence-corrected chi connectivity index (χ3v) is 3.35. The normalized spacial score (nSPS) is 10.9. The summed E-state index contributed by atoms with van der Waals surface area (Å²) in [4.78, 5) is 14.0. The number of halogens is 1. The van der Waals surface area contributed by atoms with Crippen molar-refractivity contribution in [3.8, 4) is 0 Å². The molecular weight excluding hydrogens is 252 g/mol. The van der Waals surface area contributed by atoms with Crippen LogP contribution in [0.2, 0.25) is 5.02 Å². The van der Waals surface area contributed by atoms with Crippen LogP contribution in [0, 0.1) is 6.92 Å². The molecule has 1 heterocycles. The molecule has 0 saturated carbocycles. The molecule has 1 amide bonds. The molecule has 0 radical (unpaired) electrons. The van der Waals surface area contributed by atoms with Crippen molar-refractivity contribution >= 4 is 17.5 Å². The van der Waals surface area contributed by atoms with E-state index in [9.17, 15) is 4.79 Å². The largest absolute Gasteiger partial charge is 0.353 e. The first-order valence-corrected chi connectivity index (χ1v) is 6.63. The molecule has 1 aromatic rings. The van der Waals surface area contributed by atoms with Gasteiger partial charge >= 0.3 is 0 Å². The van der Waals surface area contributed by atoms with E-state index < -0.39 is 0 Å². The minimum Gasteiger partial charge on any atom is -0.353 e. The first kappa shape index (κ1) is 15.0. The Hall–Kier alpha value is -1.07. The van der Waals surface area contributed by atoms with E-state index in [1.54, 1.807) is 10.9 Å². The molecule has 0 bridgehead atoms. The lowest BCUT2D eigenvalue weighted by molar-refractivity contribution is -0.121.